The highest BCUT2D eigenvalue weighted by atomic mass is 79.9. The van der Waals surface area contributed by atoms with Crippen LogP contribution in [0.15, 0.2) is 34.9 Å². The van der Waals surface area contributed by atoms with Gasteiger partial charge in [0.05, 0.1) is 12.7 Å². The number of carbonyl (C=O) groups is 1. The monoisotopic (exact) mass is 368 g/mol. The number of esters is 1. The first-order valence-corrected chi connectivity index (χ1v) is 7.17. The molecule has 0 fully saturated rings. The fraction of sp³-hybridized carbons (Fsp3) is 0.200. The van der Waals surface area contributed by atoms with Crippen molar-refractivity contribution in [1.29, 1.82) is 0 Å². The first kappa shape index (κ1) is 16.2. The van der Waals surface area contributed by atoms with Gasteiger partial charge in [-0.3, -0.25) is 0 Å². The van der Waals surface area contributed by atoms with Gasteiger partial charge >= 0.3 is 5.97 Å². The second-order valence-corrected chi connectivity index (χ2v) is 5.44. The van der Waals surface area contributed by atoms with E-state index in [0.29, 0.717) is 15.8 Å². The van der Waals surface area contributed by atoms with Crippen LogP contribution in [0, 0.1) is 5.82 Å². The Bertz CT molecular complexity index is 709. The van der Waals surface area contributed by atoms with Gasteiger partial charge in [-0.2, -0.15) is 0 Å². The van der Waals surface area contributed by atoms with Crippen LogP contribution in [0.2, 0.25) is 0 Å². The normalized spacial score (nSPS) is 11.8. The van der Waals surface area contributed by atoms with Gasteiger partial charge in [-0.15, -0.1) is 0 Å². The lowest BCUT2D eigenvalue weighted by atomic mass is 10.0. The third kappa shape index (κ3) is 3.54. The Morgan fingerprint density at radius 2 is 2.14 bits per heavy atom. The molecule has 0 unspecified atom stereocenters. The average Bonchev–Trinajstić information content (AvgIpc) is 2.50. The summed E-state index contributed by atoms with van der Waals surface area (Å²) in [4.78, 5) is 15.7. The first-order valence-electron chi connectivity index (χ1n) is 6.37. The summed E-state index contributed by atoms with van der Waals surface area (Å²) in [5, 5.41) is 0. The number of hydrogen-bond donors (Lipinski definition) is 1. The Morgan fingerprint density at radius 3 is 2.82 bits per heavy atom. The minimum absolute atomic E-state index is 0.200. The highest BCUT2D eigenvalue weighted by Gasteiger charge is 2.20. The van der Waals surface area contributed by atoms with E-state index in [9.17, 15) is 9.18 Å². The third-order valence-electron chi connectivity index (χ3n) is 3.01. The number of methoxy groups -OCH3 is 1. The number of pyridine rings is 1. The van der Waals surface area contributed by atoms with Gasteiger partial charge in [-0.25, -0.2) is 14.2 Å². The van der Waals surface area contributed by atoms with Crippen LogP contribution in [0.1, 0.15) is 28.9 Å². The van der Waals surface area contributed by atoms with Gasteiger partial charge in [0.15, 0.2) is 11.6 Å². The Balaban J connectivity index is 2.36. The van der Waals surface area contributed by atoms with E-state index in [1.54, 1.807) is 13.0 Å². The molecule has 0 saturated carbocycles. The van der Waals surface area contributed by atoms with Crippen molar-refractivity contribution in [3.63, 3.8) is 0 Å². The number of nitrogens with two attached hydrogens (primary N) is 1. The Kier molecular flexibility index (Phi) is 4.97. The minimum Gasteiger partial charge on any atom is -0.482 e. The molecular formula is C15H14BrFN2O3. The third-order valence-corrected chi connectivity index (χ3v) is 3.44. The zero-order chi connectivity index (χ0) is 16.3. The SMILES string of the molecule is COC(=O)c1ccc(F)cc1[C@@H](C)Oc1cc(Br)cnc1N. The van der Waals surface area contributed by atoms with Crippen LogP contribution in [0.3, 0.4) is 0 Å². The topological polar surface area (TPSA) is 74.4 Å². The molecule has 0 aliphatic heterocycles. The Hall–Kier alpha value is -2.15. The van der Waals surface area contributed by atoms with E-state index in [2.05, 4.69) is 20.9 Å². The molecule has 7 heteroatoms. The van der Waals surface area contributed by atoms with Crippen molar-refractivity contribution in [3.8, 4) is 5.75 Å². The number of halogens is 2. The maximum Gasteiger partial charge on any atom is 0.338 e. The van der Waals surface area contributed by atoms with Gasteiger partial charge in [-0.1, -0.05) is 0 Å². The lowest BCUT2D eigenvalue weighted by Gasteiger charge is -2.18. The Morgan fingerprint density at radius 1 is 1.41 bits per heavy atom. The number of aromatic nitrogens is 1. The molecule has 0 aliphatic rings. The van der Waals surface area contributed by atoms with Crippen molar-refractivity contribution in [2.24, 2.45) is 0 Å². The number of hydrogen-bond acceptors (Lipinski definition) is 5. The van der Waals surface area contributed by atoms with Gasteiger partial charge in [0.2, 0.25) is 0 Å². The summed E-state index contributed by atoms with van der Waals surface area (Å²) < 4.78 is 24.6. The van der Waals surface area contributed by atoms with Crippen LogP contribution in [0.4, 0.5) is 10.2 Å². The molecule has 0 saturated heterocycles. The van der Waals surface area contributed by atoms with E-state index in [0.717, 1.165) is 0 Å². The Labute approximate surface area is 135 Å². The van der Waals surface area contributed by atoms with Crippen molar-refractivity contribution < 1.29 is 18.7 Å². The molecule has 0 spiro atoms. The second-order valence-electron chi connectivity index (χ2n) is 4.52. The van der Waals surface area contributed by atoms with E-state index in [1.807, 2.05) is 0 Å². The molecule has 1 aromatic heterocycles. The first-order chi connectivity index (χ1) is 10.4. The van der Waals surface area contributed by atoms with Gasteiger partial charge in [0.25, 0.3) is 0 Å². The molecule has 0 amide bonds. The van der Waals surface area contributed by atoms with E-state index in [4.69, 9.17) is 15.2 Å². The summed E-state index contributed by atoms with van der Waals surface area (Å²) in [6.07, 6.45) is 0.915. The molecule has 2 aromatic rings. The van der Waals surface area contributed by atoms with Crippen molar-refractivity contribution in [3.05, 3.63) is 51.9 Å². The molecule has 2 N–H and O–H groups in total. The van der Waals surface area contributed by atoms with Crippen LogP contribution in [-0.2, 0) is 4.74 Å². The number of ether oxygens (including phenoxy) is 2. The van der Waals surface area contributed by atoms with E-state index in [-0.39, 0.29) is 11.4 Å². The van der Waals surface area contributed by atoms with Gasteiger partial charge in [-0.05, 0) is 47.1 Å². The van der Waals surface area contributed by atoms with Crippen molar-refractivity contribution in [2.45, 2.75) is 13.0 Å². The number of anilines is 1. The highest BCUT2D eigenvalue weighted by molar-refractivity contribution is 9.10. The summed E-state index contributed by atoms with van der Waals surface area (Å²) >= 11 is 3.27. The lowest BCUT2D eigenvalue weighted by molar-refractivity contribution is 0.0595. The van der Waals surface area contributed by atoms with Crippen molar-refractivity contribution in [2.75, 3.05) is 12.8 Å². The molecular weight excluding hydrogens is 355 g/mol. The molecule has 5 nitrogen and oxygen atoms in total. The predicted octanol–water partition coefficient (Wildman–Crippen LogP) is 3.49. The molecule has 1 heterocycles. The van der Waals surface area contributed by atoms with Crippen LogP contribution >= 0.6 is 15.9 Å². The quantitative estimate of drug-likeness (QED) is 0.836. The number of nitrogen functional groups attached to an aromatic ring is 1. The van der Waals surface area contributed by atoms with Crippen molar-refractivity contribution >= 4 is 27.7 Å². The van der Waals surface area contributed by atoms with Gasteiger partial charge < -0.3 is 15.2 Å². The van der Waals surface area contributed by atoms with E-state index < -0.39 is 17.9 Å². The largest absolute Gasteiger partial charge is 0.482 e. The smallest absolute Gasteiger partial charge is 0.338 e. The van der Waals surface area contributed by atoms with Gasteiger partial charge in [0.1, 0.15) is 11.9 Å². The molecule has 116 valence electrons. The molecule has 0 radical (unpaired) electrons. The summed E-state index contributed by atoms with van der Waals surface area (Å²) in [5.41, 5.74) is 6.35. The molecule has 1 aromatic carbocycles. The lowest BCUT2D eigenvalue weighted by Crippen LogP contribution is -2.13. The zero-order valence-corrected chi connectivity index (χ0v) is 13.6. The summed E-state index contributed by atoms with van der Waals surface area (Å²) in [5.74, 6) is -0.503. The maximum absolute atomic E-state index is 13.5. The predicted molar refractivity (Wildman–Crippen MR) is 83.1 cm³/mol. The van der Waals surface area contributed by atoms with E-state index >= 15 is 0 Å². The second kappa shape index (κ2) is 6.74. The fourth-order valence-electron chi connectivity index (χ4n) is 1.95. The summed E-state index contributed by atoms with van der Waals surface area (Å²) in [6, 6.07) is 5.44. The zero-order valence-electron chi connectivity index (χ0n) is 12.0. The highest BCUT2D eigenvalue weighted by Crippen LogP contribution is 2.30. The molecule has 0 bridgehead atoms. The van der Waals surface area contributed by atoms with E-state index in [1.165, 1.54) is 31.5 Å². The number of carbonyl (C=O) groups excluding carboxylic acids is 1. The minimum atomic E-state index is -0.622. The standard InChI is InChI=1S/C15H14BrFN2O3/c1-8(22-13-5-9(16)7-19-14(13)18)12-6-10(17)3-4-11(12)15(20)21-2/h3-8H,1-2H3,(H2,18,19)/t8-/m1/s1. The van der Waals surface area contributed by atoms with Crippen LogP contribution in [0.5, 0.6) is 5.75 Å². The average molecular weight is 369 g/mol. The summed E-state index contributed by atoms with van der Waals surface area (Å²) in [7, 11) is 1.26. The fourth-order valence-corrected chi connectivity index (χ4v) is 2.26. The number of benzene rings is 1. The number of nitrogens with zero attached hydrogens (tertiary/aromatic N) is 1. The molecule has 0 aliphatic carbocycles. The molecule has 2 rings (SSSR count). The maximum atomic E-state index is 13.5. The van der Waals surface area contributed by atoms with Crippen LogP contribution < -0.4 is 10.5 Å². The van der Waals surface area contributed by atoms with Crippen LogP contribution in [0.25, 0.3) is 0 Å². The summed E-state index contributed by atoms with van der Waals surface area (Å²) in [6.45, 7) is 1.68. The van der Waals surface area contributed by atoms with Crippen molar-refractivity contribution in [1.82, 2.24) is 4.98 Å². The van der Waals surface area contributed by atoms with Crippen LogP contribution in [-0.4, -0.2) is 18.1 Å². The molecule has 22 heavy (non-hydrogen) atoms. The molecule has 1 atom stereocenters. The van der Waals surface area contributed by atoms with Gasteiger partial charge in [0, 0.05) is 16.2 Å². The number of rotatable bonds is 4.